The lowest BCUT2D eigenvalue weighted by molar-refractivity contribution is -0.0498. The van der Waals surface area contributed by atoms with Crippen LogP contribution in [0.2, 0.25) is 5.02 Å². The molecule has 0 N–H and O–H groups in total. The lowest BCUT2D eigenvalue weighted by Gasteiger charge is -2.08. The molecule has 4 nitrogen and oxygen atoms in total. The molecule has 1 heterocycles. The average Bonchev–Trinajstić information content (AvgIpc) is 3.16. The van der Waals surface area contributed by atoms with Crippen LogP contribution < -0.4 is 9.47 Å². The van der Waals surface area contributed by atoms with E-state index in [1.54, 1.807) is 12.1 Å². The summed E-state index contributed by atoms with van der Waals surface area (Å²) in [5.74, 6) is 1.29. The Hall–Kier alpha value is -3.12. The first-order valence-electron chi connectivity index (χ1n) is 9.07. The number of benzene rings is 2. The minimum absolute atomic E-state index is 0.0747. The smallest absolute Gasteiger partial charge is 0.387 e. The highest BCUT2D eigenvalue weighted by Gasteiger charge is 2.09. The van der Waals surface area contributed by atoms with E-state index in [2.05, 4.69) is 4.74 Å². The first-order chi connectivity index (χ1) is 14.3. The maximum absolute atomic E-state index is 12.3. The monoisotopic (exact) mass is 432 g/mol. The van der Waals surface area contributed by atoms with Gasteiger partial charge in [-0.3, -0.25) is 4.79 Å². The second-order valence-corrected chi connectivity index (χ2v) is 6.95. The van der Waals surface area contributed by atoms with Crippen molar-refractivity contribution in [1.29, 1.82) is 0 Å². The van der Waals surface area contributed by atoms with E-state index in [-0.39, 0.29) is 23.7 Å². The van der Waals surface area contributed by atoms with Crippen molar-refractivity contribution >= 4 is 23.5 Å². The lowest BCUT2D eigenvalue weighted by Crippen LogP contribution is -2.03. The number of furan rings is 1. The summed E-state index contributed by atoms with van der Waals surface area (Å²) in [5, 5.41) is 0.712. The van der Waals surface area contributed by atoms with Gasteiger partial charge in [0.25, 0.3) is 0 Å². The Kier molecular flexibility index (Phi) is 6.90. The molecule has 3 aromatic rings. The fraction of sp³-hybridized carbons (Fsp3) is 0.174. The molecule has 0 atom stereocenters. The minimum Gasteiger partial charge on any atom is -0.486 e. The van der Waals surface area contributed by atoms with Crippen molar-refractivity contribution in [1.82, 2.24) is 0 Å². The number of halogens is 3. The van der Waals surface area contributed by atoms with Gasteiger partial charge in [0.1, 0.15) is 29.6 Å². The fourth-order valence-electron chi connectivity index (χ4n) is 2.79. The Bertz CT molecular complexity index is 1050. The van der Waals surface area contributed by atoms with Gasteiger partial charge in [-0.15, -0.1) is 0 Å². The van der Waals surface area contributed by atoms with Gasteiger partial charge in [0.05, 0.1) is 0 Å². The van der Waals surface area contributed by atoms with Gasteiger partial charge in [-0.25, -0.2) is 0 Å². The number of rotatable bonds is 8. The Morgan fingerprint density at radius 3 is 2.53 bits per heavy atom. The van der Waals surface area contributed by atoms with Gasteiger partial charge >= 0.3 is 6.61 Å². The van der Waals surface area contributed by atoms with Crippen LogP contribution in [0.25, 0.3) is 6.08 Å². The topological polar surface area (TPSA) is 48.7 Å². The normalized spacial score (nSPS) is 11.3. The quantitative estimate of drug-likeness (QED) is 0.296. The first kappa shape index (κ1) is 21.6. The molecule has 0 unspecified atom stereocenters. The van der Waals surface area contributed by atoms with Crippen LogP contribution in [0.1, 0.15) is 33.0 Å². The molecule has 0 bridgehead atoms. The molecule has 2 aromatic carbocycles. The van der Waals surface area contributed by atoms with E-state index >= 15 is 0 Å². The molecule has 0 aliphatic heterocycles. The summed E-state index contributed by atoms with van der Waals surface area (Å²) in [6, 6.07) is 12.8. The van der Waals surface area contributed by atoms with Crippen molar-refractivity contribution < 1.29 is 27.5 Å². The minimum atomic E-state index is -2.95. The number of ether oxygens (including phenoxy) is 2. The van der Waals surface area contributed by atoms with E-state index in [1.165, 1.54) is 36.4 Å². The average molecular weight is 433 g/mol. The molecular formula is C23H19ClF2O4. The molecule has 0 aliphatic carbocycles. The predicted molar refractivity (Wildman–Crippen MR) is 110 cm³/mol. The molecule has 0 aliphatic rings. The van der Waals surface area contributed by atoms with E-state index < -0.39 is 6.61 Å². The molecule has 0 saturated heterocycles. The zero-order valence-electron chi connectivity index (χ0n) is 16.3. The largest absolute Gasteiger partial charge is 0.486 e. The SMILES string of the molecule is Cc1cc(OCc2ccc(/C=C/C(=O)c3cccc(OC(F)F)c3)o2)cc(C)c1Cl. The third kappa shape index (κ3) is 5.70. The van der Waals surface area contributed by atoms with Crippen molar-refractivity contribution in [2.75, 3.05) is 0 Å². The molecule has 30 heavy (non-hydrogen) atoms. The van der Waals surface area contributed by atoms with Crippen LogP contribution in [0, 0.1) is 13.8 Å². The highest BCUT2D eigenvalue weighted by atomic mass is 35.5. The molecule has 156 valence electrons. The van der Waals surface area contributed by atoms with Crippen molar-refractivity contribution in [2.24, 2.45) is 0 Å². The standard InChI is InChI=1S/C23H19ClF2O4/c1-14-10-20(11-15(2)22(14)24)28-13-19-7-6-17(29-19)8-9-21(27)16-4-3-5-18(12-16)30-23(25)26/h3-12,23H,13H2,1-2H3/b9-8+. The Labute approximate surface area is 177 Å². The van der Waals surface area contributed by atoms with Crippen LogP contribution in [0.4, 0.5) is 8.78 Å². The summed E-state index contributed by atoms with van der Waals surface area (Å²) in [6.07, 6.45) is 2.81. The van der Waals surface area contributed by atoms with Gasteiger partial charge in [-0.2, -0.15) is 8.78 Å². The number of ketones is 1. The summed E-state index contributed by atoms with van der Waals surface area (Å²) >= 11 is 6.16. The van der Waals surface area contributed by atoms with Crippen LogP contribution in [-0.4, -0.2) is 12.4 Å². The number of alkyl halides is 2. The highest BCUT2D eigenvalue weighted by Crippen LogP contribution is 2.26. The zero-order valence-corrected chi connectivity index (χ0v) is 17.1. The maximum atomic E-state index is 12.3. The Balaban J connectivity index is 1.61. The van der Waals surface area contributed by atoms with Gasteiger partial charge < -0.3 is 13.9 Å². The van der Waals surface area contributed by atoms with E-state index in [0.717, 1.165) is 11.1 Å². The van der Waals surface area contributed by atoms with Gasteiger partial charge in [0, 0.05) is 10.6 Å². The van der Waals surface area contributed by atoms with Crippen molar-refractivity contribution in [3.63, 3.8) is 0 Å². The van der Waals surface area contributed by atoms with Gasteiger partial charge in [0.15, 0.2) is 5.78 Å². The van der Waals surface area contributed by atoms with Crippen molar-refractivity contribution in [2.45, 2.75) is 27.1 Å². The van der Waals surface area contributed by atoms with Gasteiger partial charge in [0.2, 0.25) is 0 Å². The van der Waals surface area contributed by atoms with Crippen LogP contribution in [0.5, 0.6) is 11.5 Å². The predicted octanol–water partition coefficient (Wildman–Crippen LogP) is 6.63. The lowest BCUT2D eigenvalue weighted by atomic mass is 10.1. The number of hydrogen-bond acceptors (Lipinski definition) is 4. The molecule has 0 fully saturated rings. The molecule has 0 amide bonds. The molecule has 3 rings (SSSR count). The Morgan fingerprint density at radius 1 is 1.10 bits per heavy atom. The third-order valence-electron chi connectivity index (χ3n) is 4.22. The van der Waals surface area contributed by atoms with E-state index in [1.807, 2.05) is 26.0 Å². The van der Waals surface area contributed by atoms with Gasteiger partial charge in [-0.05, 0) is 73.5 Å². The molecular weight excluding hydrogens is 414 g/mol. The third-order valence-corrected chi connectivity index (χ3v) is 4.81. The van der Waals surface area contributed by atoms with Crippen LogP contribution >= 0.6 is 11.6 Å². The summed E-state index contributed by atoms with van der Waals surface area (Å²) in [5.41, 5.74) is 2.08. The second kappa shape index (κ2) is 9.59. The second-order valence-electron chi connectivity index (χ2n) is 6.57. The fourth-order valence-corrected chi connectivity index (χ4v) is 2.89. The van der Waals surface area contributed by atoms with Crippen LogP contribution in [0.15, 0.2) is 59.0 Å². The van der Waals surface area contributed by atoms with Gasteiger partial charge in [-0.1, -0.05) is 23.7 Å². The first-order valence-corrected chi connectivity index (χ1v) is 9.45. The molecule has 0 spiro atoms. The van der Waals surface area contributed by atoms with Crippen molar-refractivity contribution in [3.05, 3.63) is 87.8 Å². The Morgan fingerprint density at radius 2 is 1.83 bits per heavy atom. The number of carbonyl (C=O) groups excluding carboxylic acids is 1. The number of hydrogen-bond donors (Lipinski definition) is 0. The van der Waals surface area contributed by atoms with Crippen LogP contribution in [0.3, 0.4) is 0 Å². The molecule has 1 aromatic heterocycles. The van der Waals surface area contributed by atoms with Crippen molar-refractivity contribution in [3.8, 4) is 11.5 Å². The summed E-state index contributed by atoms with van der Waals surface area (Å²) in [6.45, 7) is 1.08. The number of allylic oxidation sites excluding steroid dienone is 1. The van der Waals surface area contributed by atoms with E-state index in [9.17, 15) is 13.6 Å². The molecule has 0 radical (unpaired) electrons. The summed E-state index contributed by atoms with van der Waals surface area (Å²) in [7, 11) is 0. The molecule has 7 heteroatoms. The zero-order chi connectivity index (χ0) is 21.7. The number of carbonyl (C=O) groups is 1. The van der Waals surface area contributed by atoms with E-state index in [4.69, 9.17) is 20.8 Å². The summed E-state index contributed by atoms with van der Waals surface area (Å²) in [4.78, 5) is 12.3. The van der Waals surface area contributed by atoms with E-state index in [0.29, 0.717) is 22.3 Å². The molecule has 0 saturated carbocycles. The maximum Gasteiger partial charge on any atom is 0.387 e. The van der Waals surface area contributed by atoms with Crippen LogP contribution in [-0.2, 0) is 6.61 Å². The highest BCUT2D eigenvalue weighted by molar-refractivity contribution is 6.32. The number of aryl methyl sites for hydroxylation is 2. The summed E-state index contributed by atoms with van der Waals surface area (Å²) < 4.78 is 40.3.